The van der Waals surface area contributed by atoms with Crippen LogP contribution in [0.5, 0.6) is 0 Å². The lowest BCUT2D eigenvalue weighted by atomic mass is 9.99. The Balaban J connectivity index is 1.27. The van der Waals surface area contributed by atoms with E-state index in [0.717, 1.165) is 41.1 Å². The third-order valence-electron chi connectivity index (χ3n) is 7.19. The van der Waals surface area contributed by atoms with Crippen molar-refractivity contribution in [2.75, 3.05) is 4.90 Å². The molecule has 38 heavy (non-hydrogen) atoms. The minimum Gasteiger partial charge on any atom is -0.350 e. The zero-order valence-corrected chi connectivity index (χ0v) is 21.3. The number of pyridine rings is 2. The second-order valence-electron chi connectivity index (χ2n) is 9.48. The summed E-state index contributed by atoms with van der Waals surface area (Å²) in [5.74, 6) is -0.434. The number of benzene rings is 1. The van der Waals surface area contributed by atoms with Gasteiger partial charge in [-0.1, -0.05) is 48.7 Å². The Morgan fingerprint density at radius 2 is 1.82 bits per heavy atom. The summed E-state index contributed by atoms with van der Waals surface area (Å²) in [7, 11) is 0. The normalized spacial score (nSPS) is 23.4. The minimum absolute atomic E-state index is 0.145. The maximum Gasteiger partial charge on any atom is 0.327 e. The van der Waals surface area contributed by atoms with Crippen LogP contribution in [-0.2, 0) is 9.59 Å². The number of amides is 4. The Kier molecular flexibility index (Phi) is 6.32. The molecule has 0 radical (unpaired) electrons. The first-order valence-corrected chi connectivity index (χ1v) is 13.4. The third kappa shape index (κ3) is 4.30. The predicted octanol–water partition coefficient (Wildman–Crippen LogP) is 3.86. The molecule has 3 aromatic rings. The van der Waals surface area contributed by atoms with Crippen LogP contribution >= 0.6 is 11.8 Å². The van der Waals surface area contributed by atoms with Crippen LogP contribution in [0.4, 0.5) is 16.2 Å². The molecule has 0 saturated heterocycles. The van der Waals surface area contributed by atoms with Gasteiger partial charge in [-0.2, -0.15) is 0 Å². The molecule has 10 heteroatoms. The fraction of sp³-hybridized carbons (Fsp3) is 0.250. The summed E-state index contributed by atoms with van der Waals surface area (Å²) < 4.78 is 0. The van der Waals surface area contributed by atoms with E-state index in [2.05, 4.69) is 32.5 Å². The lowest BCUT2D eigenvalue weighted by molar-refractivity contribution is -0.122. The first-order chi connectivity index (χ1) is 18.5. The van der Waals surface area contributed by atoms with E-state index >= 15 is 0 Å². The maximum absolute atomic E-state index is 13.5. The van der Waals surface area contributed by atoms with Gasteiger partial charge in [-0.15, -0.1) is 0 Å². The highest BCUT2D eigenvalue weighted by atomic mass is 32.2. The van der Waals surface area contributed by atoms with Gasteiger partial charge in [-0.25, -0.2) is 9.78 Å². The number of thioether (sulfide) groups is 1. The molecule has 1 saturated carbocycles. The summed E-state index contributed by atoms with van der Waals surface area (Å²) in [5, 5.41) is 9.23. The van der Waals surface area contributed by atoms with Gasteiger partial charge in [0.1, 0.15) is 10.3 Å². The topological polar surface area (TPSA) is 116 Å². The molecular weight excluding hydrogens is 500 g/mol. The van der Waals surface area contributed by atoms with Crippen LogP contribution in [0.25, 0.3) is 11.3 Å². The van der Waals surface area contributed by atoms with Crippen molar-refractivity contribution in [3.63, 3.8) is 0 Å². The number of nitrogens with one attached hydrogen (secondary N) is 3. The van der Waals surface area contributed by atoms with E-state index in [9.17, 15) is 14.4 Å². The van der Waals surface area contributed by atoms with Crippen molar-refractivity contribution >= 4 is 41.0 Å². The molecule has 2 aliphatic heterocycles. The Hall–Kier alpha value is -4.18. The van der Waals surface area contributed by atoms with Crippen LogP contribution in [0.1, 0.15) is 30.9 Å². The van der Waals surface area contributed by atoms with Crippen LogP contribution < -0.4 is 20.9 Å². The molecule has 3 N–H and O–H groups in total. The van der Waals surface area contributed by atoms with Gasteiger partial charge in [0.25, 0.3) is 0 Å². The summed E-state index contributed by atoms with van der Waals surface area (Å²) >= 11 is 1.35. The van der Waals surface area contributed by atoms with Gasteiger partial charge in [-0.05, 0) is 43.5 Å². The van der Waals surface area contributed by atoms with Crippen molar-refractivity contribution in [3.8, 4) is 11.3 Å². The number of carbonyl (C=O) groups excluding carboxylic acids is 3. The zero-order valence-electron chi connectivity index (χ0n) is 20.5. The van der Waals surface area contributed by atoms with E-state index in [1.54, 1.807) is 23.4 Å². The van der Waals surface area contributed by atoms with Gasteiger partial charge in [0.05, 0.1) is 23.1 Å². The second kappa shape index (κ2) is 9.94. The van der Waals surface area contributed by atoms with Crippen molar-refractivity contribution in [1.29, 1.82) is 0 Å². The molecule has 1 aliphatic carbocycles. The molecule has 0 bridgehead atoms. The van der Waals surface area contributed by atoms with Gasteiger partial charge < -0.3 is 16.0 Å². The van der Waals surface area contributed by atoms with Gasteiger partial charge in [0.2, 0.25) is 11.8 Å². The van der Waals surface area contributed by atoms with Crippen LogP contribution in [-0.4, -0.2) is 45.1 Å². The number of aromatic nitrogens is 2. The van der Waals surface area contributed by atoms with E-state index in [4.69, 9.17) is 0 Å². The molecule has 3 aliphatic rings. The molecule has 0 spiro atoms. The van der Waals surface area contributed by atoms with E-state index < -0.39 is 11.3 Å². The fourth-order valence-electron chi connectivity index (χ4n) is 5.42. The van der Waals surface area contributed by atoms with Gasteiger partial charge in [0, 0.05) is 35.6 Å². The predicted molar refractivity (Wildman–Crippen MR) is 145 cm³/mol. The van der Waals surface area contributed by atoms with Crippen LogP contribution in [0.2, 0.25) is 0 Å². The number of rotatable bonds is 6. The molecule has 1 fully saturated rings. The minimum atomic E-state index is -0.571. The Morgan fingerprint density at radius 1 is 1.05 bits per heavy atom. The molecule has 6 rings (SSSR count). The van der Waals surface area contributed by atoms with Crippen molar-refractivity contribution in [2.45, 2.75) is 47.7 Å². The van der Waals surface area contributed by atoms with Crippen molar-refractivity contribution in [1.82, 2.24) is 25.9 Å². The fourth-order valence-corrected chi connectivity index (χ4v) is 6.65. The summed E-state index contributed by atoms with van der Waals surface area (Å²) in [6, 6.07) is 14.1. The zero-order chi connectivity index (χ0) is 26.2. The monoisotopic (exact) mass is 526 g/mol. The summed E-state index contributed by atoms with van der Waals surface area (Å²) in [6.07, 6.45) is 7.07. The molecule has 2 aromatic heterocycles. The van der Waals surface area contributed by atoms with Crippen LogP contribution in [0.3, 0.4) is 0 Å². The maximum atomic E-state index is 13.5. The van der Waals surface area contributed by atoms with E-state index in [0.29, 0.717) is 11.4 Å². The summed E-state index contributed by atoms with van der Waals surface area (Å²) in [4.78, 5) is 49.4. The largest absolute Gasteiger partial charge is 0.350 e. The van der Waals surface area contributed by atoms with Gasteiger partial charge in [0.15, 0.2) is 0 Å². The van der Waals surface area contributed by atoms with E-state index in [1.165, 1.54) is 17.8 Å². The highest BCUT2D eigenvalue weighted by Crippen LogP contribution is 2.50. The first-order valence-electron chi connectivity index (χ1n) is 12.5. The van der Waals surface area contributed by atoms with Gasteiger partial charge in [-0.3, -0.25) is 19.5 Å². The lowest BCUT2D eigenvalue weighted by Gasteiger charge is -2.34. The lowest BCUT2D eigenvalue weighted by Crippen LogP contribution is -2.53. The highest BCUT2D eigenvalue weighted by molar-refractivity contribution is 8.01. The Morgan fingerprint density at radius 3 is 2.61 bits per heavy atom. The number of carbonyl (C=O) groups is 3. The summed E-state index contributed by atoms with van der Waals surface area (Å²) in [6.45, 7) is 3.51. The average molecular weight is 527 g/mol. The summed E-state index contributed by atoms with van der Waals surface area (Å²) in [5.41, 5.74) is 3.91. The molecule has 192 valence electrons. The average Bonchev–Trinajstić information content (AvgIpc) is 3.54. The molecular formula is C28H26N6O3S. The van der Waals surface area contributed by atoms with Crippen LogP contribution in [0.15, 0.2) is 78.6 Å². The SMILES string of the molecule is C=CC(=O)N[C@H]1CCC[C@H]1NC(=O)C1Sc2nccc3c2C1NC(=O)N3c1ccnc(-c2ccccc2)c1. The number of hydrogen-bond acceptors (Lipinski definition) is 6. The Bertz CT molecular complexity index is 1430. The standard InChI is InChI=1S/C28H26N6O3S/c1-2-22(35)31-18-9-6-10-19(18)32-26(36)25-24-23-21(12-14-30-27(23)38-25)34(28(37)33-24)17-11-13-29-20(15-17)16-7-4-3-5-8-16/h2-5,7-8,11-15,18-19,24-25H,1,6,9-10H2,(H,31,35)(H,32,36)(H,33,37)/t18-,19+,24?,25?/m0/s1. The van der Waals surface area contributed by atoms with Crippen LogP contribution in [0, 0.1) is 0 Å². The molecule has 9 nitrogen and oxygen atoms in total. The quantitative estimate of drug-likeness (QED) is 0.420. The molecule has 4 atom stereocenters. The second-order valence-corrected chi connectivity index (χ2v) is 10.6. The molecule has 4 amide bonds. The van der Waals surface area contributed by atoms with E-state index in [-0.39, 0.29) is 29.9 Å². The van der Waals surface area contributed by atoms with Gasteiger partial charge >= 0.3 is 6.03 Å². The van der Waals surface area contributed by atoms with Crippen molar-refractivity contribution in [3.05, 3.63) is 79.1 Å². The first kappa shape index (κ1) is 24.2. The molecule has 4 heterocycles. The van der Waals surface area contributed by atoms with E-state index in [1.807, 2.05) is 42.5 Å². The smallest absolute Gasteiger partial charge is 0.327 e. The van der Waals surface area contributed by atoms with Crippen molar-refractivity contribution in [2.24, 2.45) is 0 Å². The molecule has 1 aromatic carbocycles. The number of anilines is 2. The van der Waals surface area contributed by atoms with Crippen molar-refractivity contribution < 1.29 is 14.4 Å². The number of hydrogen-bond donors (Lipinski definition) is 3. The third-order valence-corrected chi connectivity index (χ3v) is 8.48. The number of nitrogens with zero attached hydrogens (tertiary/aromatic N) is 3. The Labute approximate surface area is 224 Å². The number of urea groups is 1. The molecule has 2 unspecified atom stereocenters. The highest BCUT2D eigenvalue weighted by Gasteiger charge is 2.47.